The van der Waals surface area contributed by atoms with E-state index >= 15 is 0 Å². The number of fused-ring (bicyclic) bond motifs is 1. The lowest BCUT2D eigenvalue weighted by Gasteiger charge is -2.28. The molecule has 22 heavy (non-hydrogen) atoms. The van der Waals surface area contributed by atoms with Gasteiger partial charge in [-0.05, 0) is 31.1 Å². The van der Waals surface area contributed by atoms with E-state index in [9.17, 15) is 9.59 Å². The fourth-order valence-corrected chi connectivity index (χ4v) is 2.50. The molecule has 0 radical (unpaired) electrons. The number of benzene rings is 1. The fourth-order valence-electron chi connectivity index (χ4n) is 2.50. The van der Waals surface area contributed by atoms with Gasteiger partial charge in [-0.2, -0.15) is 0 Å². The maximum atomic E-state index is 12.0. The van der Waals surface area contributed by atoms with Crippen LogP contribution in [-0.4, -0.2) is 25.0 Å². The van der Waals surface area contributed by atoms with Gasteiger partial charge in [-0.3, -0.25) is 9.59 Å². The Morgan fingerprint density at radius 1 is 1.41 bits per heavy atom. The molecule has 1 aromatic carbocycles. The third kappa shape index (κ3) is 3.67. The van der Waals surface area contributed by atoms with E-state index in [1.807, 2.05) is 26.0 Å². The minimum Gasteiger partial charge on any atom is -0.493 e. The van der Waals surface area contributed by atoms with E-state index in [1.54, 1.807) is 0 Å². The van der Waals surface area contributed by atoms with Crippen LogP contribution in [0.3, 0.4) is 0 Å². The molecule has 1 aliphatic heterocycles. The van der Waals surface area contributed by atoms with Crippen molar-refractivity contribution in [3.05, 3.63) is 41.5 Å². The van der Waals surface area contributed by atoms with Crippen molar-refractivity contribution in [2.24, 2.45) is 0 Å². The highest BCUT2D eigenvalue weighted by atomic mass is 16.5. The average molecular weight is 302 g/mol. The highest BCUT2D eigenvalue weighted by Crippen LogP contribution is 2.36. The van der Waals surface area contributed by atoms with Crippen LogP contribution in [0, 0.1) is 13.8 Å². The first-order valence-corrected chi connectivity index (χ1v) is 7.45. The SMILES string of the molecule is C=CC(=O)NCCC(=O)N[C@@H]1CCOc2c1ccc(C)c2C. The molecule has 0 spiro atoms. The Morgan fingerprint density at radius 3 is 2.91 bits per heavy atom. The second-order valence-corrected chi connectivity index (χ2v) is 5.43. The molecule has 0 saturated heterocycles. The van der Waals surface area contributed by atoms with E-state index < -0.39 is 0 Å². The van der Waals surface area contributed by atoms with Crippen molar-refractivity contribution >= 4 is 11.8 Å². The molecule has 1 heterocycles. The first kappa shape index (κ1) is 16.1. The molecule has 1 atom stereocenters. The minimum atomic E-state index is -0.268. The second kappa shape index (κ2) is 7.11. The first-order chi connectivity index (χ1) is 10.5. The molecule has 0 aliphatic carbocycles. The lowest BCUT2D eigenvalue weighted by atomic mass is 9.95. The van der Waals surface area contributed by atoms with Crippen LogP contribution in [0.4, 0.5) is 0 Å². The third-order valence-corrected chi connectivity index (χ3v) is 3.91. The van der Waals surface area contributed by atoms with E-state index in [1.165, 1.54) is 11.6 Å². The molecule has 2 N–H and O–H groups in total. The Bertz CT molecular complexity index is 596. The maximum absolute atomic E-state index is 12.0. The molecule has 2 amide bonds. The number of aryl methyl sites for hydroxylation is 1. The Hall–Kier alpha value is -2.30. The Morgan fingerprint density at radius 2 is 2.18 bits per heavy atom. The van der Waals surface area contributed by atoms with Crippen LogP contribution in [0.25, 0.3) is 0 Å². The number of hydrogen-bond donors (Lipinski definition) is 2. The van der Waals surface area contributed by atoms with E-state index in [4.69, 9.17) is 4.74 Å². The van der Waals surface area contributed by atoms with Crippen molar-refractivity contribution < 1.29 is 14.3 Å². The highest BCUT2D eigenvalue weighted by Gasteiger charge is 2.24. The van der Waals surface area contributed by atoms with Gasteiger partial charge in [-0.25, -0.2) is 0 Å². The molecule has 0 unspecified atom stereocenters. The smallest absolute Gasteiger partial charge is 0.243 e. The van der Waals surface area contributed by atoms with Crippen molar-refractivity contribution in [2.75, 3.05) is 13.2 Å². The van der Waals surface area contributed by atoms with Gasteiger partial charge in [-0.15, -0.1) is 0 Å². The average Bonchev–Trinajstić information content (AvgIpc) is 2.51. The third-order valence-electron chi connectivity index (χ3n) is 3.91. The van der Waals surface area contributed by atoms with Crippen LogP contribution in [0.1, 0.15) is 35.6 Å². The standard InChI is InChI=1S/C17H22N2O3/c1-4-15(20)18-9-7-16(21)19-14-8-10-22-17-12(3)11(2)5-6-13(14)17/h4-6,14H,1,7-10H2,2-3H3,(H,18,20)(H,19,21)/t14-/m1/s1. The van der Waals surface area contributed by atoms with Gasteiger partial charge in [0.05, 0.1) is 12.6 Å². The molecule has 0 aromatic heterocycles. The molecular weight excluding hydrogens is 280 g/mol. The normalized spacial score (nSPS) is 16.2. The summed E-state index contributed by atoms with van der Waals surface area (Å²) < 4.78 is 5.75. The Kier molecular flexibility index (Phi) is 5.20. The van der Waals surface area contributed by atoms with E-state index in [0.717, 1.165) is 23.3 Å². The zero-order valence-corrected chi connectivity index (χ0v) is 13.1. The summed E-state index contributed by atoms with van der Waals surface area (Å²) in [6.45, 7) is 8.34. The fraction of sp³-hybridized carbons (Fsp3) is 0.412. The van der Waals surface area contributed by atoms with Gasteiger partial charge in [0.15, 0.2) is 0 Å². The molecule has 2 rings (SSSR count). The molecule has 0 bridgehead atoms. The van der Waals surface area contributed by atoms with E-state index in [0.29, 0.717) is 13.2 Å². The van der Waals surface area contributed by atoms with Crippen LogP contribution >= 0.6 is 0 Å². The van der Waals surface area contributed by atoms with Gasteiger partial charge in [-0.1, -0.05) is 18.7 Å². The quantitative estimate of drug-likeness (QED) is 0.817. The number of ether oxygens (including phenoxy) is 1. The summed E-state index contributed by atoms with van der Waals surface area (Å²) in [6.07, 6.45) is 2.19. The number of hydrogen-bond acceptors (Lipinski definition) is 3. The predicted molar refractivity (Wildman–Crippen MR) is 84.7 cm³/mol. The topological polar surface area (TPSA) is 67.4 Å². The molecule has 5 nitrogen and oxygen atoms in total. The summed E-state index contributed by atoms with van der Waals surface area (Å²) in [7, 11) is 0. The summed E-state index contributed by atoms with van der Waals surface area (Å²) in [5, 5.41) is 5.61. The maximum Gasteiger partial charge on any atom is 0.243 e. The van der Waals surface area contributed by atoms with Crippen molar-refractivity contribution in [2.45, 2.75) is 32.7 Å². The van der Waals surface area contributed by atoms with E-state index in [2.05, 4.69) is 17.2 Å². The molecule has 118 valence electrons. The number of carbonyl (C=O) groups is 2. The second-order valence-electron chi connectivity index (χ2n) is 5.43. The van der Waals surface area contributed by atoms with Crippen LogP contribution in [0.15, 0.2) is 24.8 Å². The molecule has 1 aromatic rings. The van der Waals surface area contributed by atoms with Gasteiger partial charge in [0.2, 0.25) is 11.8 Å². The van der Waals surface area contributed by atoms with Gasteiger partial charge in [0.25, 0.3) is 0 Å². The summed E-state index contributed by atoms with van der Waals surface area (Å²) in [5.41, 5.74) is 3.32. The first-order valence-electron chi connectivity index (χ1n) is 7.45. The number of rotatable bonds is 5. The van der Waals surface area contributed by atoms with Gasteiger partial charge >= 0.3 is 0 Å². The van der Waals surface area contributed by atoms with Crippen molar-refractivity contribution in [1.82, 2.24) is 10.6 Å². The zero-order valence-electron chi connectivity index (χ0n) is 13.1. The van der Waals surface area contributed by atoms with Crippen LogP contribution in [0.5, 0.6) is 5.75 Å². The predicted octanol–water partition coefficient (Wildman–Crippen LogP) is 1.94. The summed E-state index contributed by atoms with van der Waals surface area (Å²) >= 11 is 0. The van der Waals surface area contributed by atoms with E-state index in [-0.39, 0.29) is 24.3 Å². The van der Waals surface area contributed by atoms with Crippen LogP contribution < -0.4 is 15.4 Å². The Labute approximate surface area is 130 Å². The van der Waals surface area contributed by atoms with Crippen molar-refractivity contribution in [1.29, 1.82) is 0 Å². The lowest BCUT2D eigenvalue weighted by Crippen LogP contribution is -2.34. The number of carbonyl (C=O) groups excluding carboxylic acids is 2. The molecule has 0 saturated carbocycles. The molecular formula is C17H22N2O3. The van der Waals surface area contributed by atoms with Gasteiger partial charge in [0.1, 0.15) is 5.75 Å². The van der Waals surface area contributed by atoms with Crippen LogP contribution in [-0.2, 0) is 9.59 Å². The van der Waals surface area contributed by atoms with Gasteiger partial charge < -0.3 is 15.4 Å². The van der Waals surface area contributed by atoms with Crippen LogP contribution in [0.2, 0.25) is 0 Å². The van der Waals surface area contributed by atoms with Crippen molar-refractivity contribution in [3.8, 4) is 5.75 Å². The van der Waals surface area contributed by atoms with Gasteiger partial charge in [0, 0.05) is 24.9 Å². The highest BCUT2D eigenvalue weighted by molar-refractivity contribution is 5.87. The summed E-state index contributed by atoms with van der Waals surface area (Å²) in [6, 6.07) is 4.03. The largest absolute Gasteiger partial charge is 0.493 e. The van der Waals surface area contributed by atoms with Crippen molar-refractivity contribution in [3.63, 3.8) is 0 Å². The zero-order chi connectivity index (χ0) is 16.1. The number of amides is 2. The number of nitrogens with one attached hydrogen (secondary N) is 2. The lowest BCUT2D eigenvalue weighted by molar-refractivity contribution is -0.122. The molecule has 5 heteroatoms. The Balaban J connectivity index is 1.98. The molecule has 1 aliphatic rings. The minimum absolute atomic E-state index is 0.0364. The monoisotopic (exact) mass is 302 g/mol. The summed E-state index contributed by atoms with van der Waals surface area (Å²) in [4.78, 5) is 23.1. The molecule has 0 fully saturated rings. The summed E-state index contributed by atoms with van der Waals surface area (Å²) in [5.74, 6) is 0.535.